The summed E-state index contributed by atoms with van der Waals surface area (Å²) in [5.41, 5.74) is 0.433. The number of ether oxygens (including phenoxy) is 1. The van der Waals surface area contributed by atoms with Crippen LogP contribution in [0.4, 0.5) is 0 Å². The van der Waals surface area contributed by atoms with Crippen LogP contribution in [0.2, 0.25) is 0 Å². The number of esters is 1. The molecule has 0 fully saturated rings. The van der Waals surface area contributed by atoms with Gasteiger partial charge in [0.25, 0.3) is 0 Å². The first-order valence-electron chi connectivity index (χ1n) is 1.92. The van der Waals surface area contributed by atoms with Crippen molar-refractivity contribution >= 4 is 5.97 Å². The molecule has 0 unspecified atom stereocenters. The summed E-state index contributed by atoms with van der Waals surface area (Å²) in [5, 5.41) is 0. The SMILES string of the molecule is C=C(C)C(=O)OC.[Tb]. The summed E-state index contributed by atoms with van der Waals surface area (Å²) in [6.45, 7) is 4.95. The van der Waals surface area contributed by atoms with Gasteiger partial charge in [0.1, 0.15) is 0 Å². The third kappa shape index (κ3) is 4.65. The second-order valence-corrected chi connectivity index (χ2v) is 1.27. The third-order valence-electron chi connectivity index (χ3n) is 0.534. The summed E-state index contributed by atoms with van der Waals surface area (Å²) in [7, 11) is 1.33. The Morgan fingerprint density at radius 1 is 1.62 bits per heavy atom. The molecule has 0 aromatic carbocycles. The fourth-order valence-electron chi connectivity index (χ4n) is 0.174. The van der Waals surface area contributed by atoms with E-state index in [1.54, 1.807) is 6.92 Å². The number of carbonyl (C=O) groups excluding carboxylic acids is 1. The number of hydrogen-bond donors (Lipinski definition) is 0. The quantitative estimate of drug-likeness (QED) is 0.512. The zero-order valence-corrected chi connectivity index (χ0v) is 7.00. The van der Waals surface area contributed by atoms with Crippen molar-refractivity contribution in [1.82, 2.24) is 0 Å². The number of methoxy groups -OCH3 is 1. The van der Waals surface area contributed by atoms with Crippen LogP contribution in [-0.4, -0.2) is 13.1 Å². The summed E-state index contributed by atoms with van der Waals surface area (Å²) in [5.74, 6) is -0.347. The Morgan fingerprint density at radius 3 is 2.00 bits per heavy atom. The van der Waals surface area contributed by atoms with Crippen molar-refractivity contribution in [3.05, 3.63) is 12.2 Å². The first-order valence-corrected chi connectivity index (χ1v) is 1.92. The third-order valence-corrected chi connectivity index (χ3v) is 0.534. The van der Waals surface area contributed by atoms with Gasteiger partial charge in [-0.1, -0.05) is 6.58 Å². The minimum absolute atomic E-state index is 0. The van der Waals surface area contributed by atoms with Crippen LogP contribution in [0.5, 0.6) is 0 Å². The molecule has 0 bridgehead atoms. The summed E-state index contributed by atoms with van der Waals surface area (Å²) >= 11 is 0. The van der Waals surface area contributed by atoms with E-state index in [2.05, 4.69) is 11.3 Å². The van der Waals surface area contributed by atoms with Gasteiger partial charge in [0, 0.05) is 44.2 Å². The molecule has 0 aliphatic rings. The molecule has 0 heterocycles. The van der Waals surface area contributed by atoms with Crippen molar-refractivity contribution in [2.45, 2.75) is 6.92 Å². The summed E-state index contributed by atoms with van der Waals surface area (Å²) in [4.78, 5) is 10.2. The number of carbonyl (C=O) groups is 1. The van der Waals surface area contributed by atoms with Gasteiger partial charge in [-0.05, 0) is 6.92 Å². The zero-order valence-electron chi connectivity index (χ0n) is 4.86. The van der Waals surface area contributed by atoms with Crippen LogP contribution >= 0.6 is 0 Å². The topological polar surface area (TPSA) is 26.3 Å². The molecule has 3 heteroatoms. The molecule has 0 N–H and O–H groups in total. The molecule has 0 atom stereocenters. The van der Waals surface area contributed by atoms with Gasteiger partial charge in [0.15, 0.2) is 0 Å². The van der Waals surface area contributed by atoms with Crippen LogP contribution in [0.3, 0.4) is 0 Å². The molecule has 0 aliphatic carbocycles. The molecule has 0 aliphatic heterocycles. The van der Waals surface area contributed by atoms with E-state index < -0.39 is 0 Å². The van der Waals surface area contributed by atoms with Crippen LogP contribution in [0.1, 0.15) is 6.92 Å². The smallest absolute Gasteiger partial charge is 0.332 e. The predicted molar refractivity (Wildman–Crippen MR) is 26.8 cm³/mol. The Hall–Kier alpha value is 0.496. The Labute approximate surface area is 79.7 Å². The predicted octanol–water partition coefficient (Wildman–Crippen LogP) is 0.736. The largest absolute Gasteiger partial charge is 0.466 e. The van der Waals surface area contributed by atoms with E-state index in [1.807, 2.05) is 0 Å². The molecule has 0 aromatic rings. The molecular formula is C5H8O2Tb. The van der Waals surface area contributed by atoms with Gasteiger partial charge in [0.05, 0.1) is 7.11 Å². The van der Waals surface area contributed by atoms with Crippen molar-refractivity contribution in [3.63, 3.8) is 0 Å². The molecule has 0 spiro atoms. The fourth-order valence-corrected chi connectivity index (χ4v) is 0.174. The molecular weight excluding hydrogens is 251 g/mol. The first kappa shape index (κ1) is 11.3. The molecule has 2 nitrogen and oxygen atoms in total. The van der Waals surface area contributed by atoms with Crippen LogP contribution in [0.15, 0.2) is 12.2 Å². The van der Waals surface area contributed by atoms with Crippen LogP contribution in [0.25, 0.3) is 0 Å². The van der Waals surface area contributed by atoms with Crippen LogP contribution in [-0.2, 0) is 9.53 Å². The van der Waals surface area contributed by atoms with E-state index in [4.69, 9.17) is 0 Å². The van der Waals surface area contributed by atoms with E-state index >= 15 is 0 Å². The summed E-state index contributed by atoms with van der Waals surface area (Å²) < 4.78 is 4.27. The molecule has 1 radical (unpaired) electrons. The molecule has 0 saturated heterocycles. The van der Waals surface area contributed by atoms with Gasteiger partial charge in [0.2, 0.25) is 0 Å². The van der Waals surface area contributed by atoms with E-state index in [1.165, 1.54) is 7.11 Å². The van der Waals surface area contributed by atoms with E-state index in [-0.39, 0.29) is 44.6 Å². The second-order valence-electron chi connectivity index (χ2n) is 1.27. The summed E-state index contributed by atoms with van der Waals surface area (Å²) in [6, 6.07) is 0. The normalized spacial score (nSPS) is 6.75. The van der Waals surface area contributed by atoms with Crippen molar-refractivity contribution in [2.24, 2.45) is 0 Å². The van der Waals surface area contributed by atoms with Gasteiger partial charge >= 0.3 is 5.97 Å². The first-order chi connectivity index (χ1) is 3.18. The Balaban J connectivity index is 0. The van der Waals surface area contributed by atoms with Gasteiger partial charge < -0.3 is 4.74 Å². The van der Waals surface area contributed by atoms with Gasteiger partial charge in [-0.25, -0.2) is 4.79 Å². The maximum Gasteiger partial charge on any atom is 0.332 e. The van der Waals surface area contributed by atoms with Crippen molar-refractivity contribution < 1.29 is 48.1 Å². The molecule has 0 amide bonds. The molecule has 8 heavy (non-hydrogen) atoms. The van der Waals surface area contributed by atoms with Crippen molar-refractivity contribution in [1.29, 1.82) is 0 Å². The van der Waals surface area contributed by atoms with Crippen LogP contribution < -0.4 is 0 Å². The molecule has 0 aromatic heterocycles. The molecule has 0 saturated carbocycles. The molecule has 0 rings (SSSR count). The van der Waals surface area contributed by atoms with E-state index in [0.29, 0.717) is 5.57 Å². The maximum atomic E-state index is 10.2. The standard InChI is InChI=1S/C5H8O2.Tb/c1-4(2)5(6)7-3;/h1H2,2-3H3;. The van der Waals surface area contributed by atoms with Crippen LogP contribution in [0, 0.1) is 38.6 Å². The monoisotopic (exact) mass is 259 g/mol. The number of hydrogen-bond acceptors (Lipinski definition) is 2. The Bertz CT molecular complexity index is 98.6. The average molecular weight is 259 g/mol. The Kier molecular flexibility index (Phi) is 7.96. The fraction of sp³-hybridized carbons (Fsp3) is 0.400. The minimum Gasteiger partial charge on any atom is -0.466 e. The van der Waals surface area contributed by atoms with Gasteiger partial charge in [-0.3, -0.25) is 0 Å². The molecule has 49 valence electrons. The minimum atomic E-state index is -0.347. The second kappa shape index (κ2) is 5.63. The van der Waals surface area contributed by atoms with Gasteiger partial charge in [-0.15, -0.1) is 0 Å². The summed E-state index contributed by atoms with van der Waals surface area (Å²) in [6.07, 6.45) is 0. The van der Waals surface area contributed by atoms with Gasteiger partial charge in [-0.2, -0.15) is 0 Å². The van der Waals surface area contributed by atoms with Crippen molar-refractivity contribution in [3.8, 4) is 0 Å². The van der Waals surface area contributed by atoms with E-state index in [0.717, 1.165) is 0 Å². The maximum absolute atomic E-state index is 10.2. The van der Waals surface area contributed by atoms with E-state index in [9.17, 15) is 4.79 Å². The number of rotatable bonds is 1. The average Bonchev–Trinajstić information content (AvgIpc) is 1.65. The Morgan fingerprint density at radius 2 is 2.00 bits per heavy atom. The zero-order chi connectivity index (χ0) is 5.86. The van der Waals surface area contributed by atoms with Crippen molar-refractivity contribution in [2.75, 3.05) is 7.11 Å².